The highest BCUT2D eigenvalue weighted by Crippen LogP contribution is 2.23. The van der Waals surface area contributed by atoms with Gasteiger partial charge >= 0.3 is 0 Å². The van der Waals surface area contributed by atoms with Crippen molar-refractivity contribution in [2.45, 2.75) is 25.3 Å². The summed E-state index contributed by atoms with van der Waals surface area (Å²) in [5.41, 5.74) is 0. The Bertz CT molecular complexity index is 306. The van der Waals surface area contributed by atoms with Gasteiger partial charge in [-0.15, -0.1) is 0 Å². The minimum atomic E-state index is -0.285. The van der Waals surface area contributed by atoms with Crippen LogP contribution in [0.4, 0.5) is 0 Å². The predicted octanol–water partition coefficient (Wildman–Crippen LogP) is -0.552. The average molecular weight is 226 g/mol. The molecule has 16 heavy (non-hydrogen) atoms. The minimum Gasteiger partial charge on any atom is -0.396 e. The number of hydrogen-bond donors (Lipinski definition) is 1. The third-order valence-corrected chi connectivity index (χ3v) is 3.61. The number of likely N-dealkylation sites (N-methyl/N-ethyl adjacent to an activating group) is 1. The maximum Gasteiger partial charge on any atom is 0.246 e. The molecule has 2 amide bonds. The maximum absolute atomic E-state index is 11.8. The average Bonchev–Trinajstić information content (AvgIpc) is 2.57. The van der Waals surface area contributed by atoms with E-state index in [0.717, 1.165) is 25.9 Å². The van der Waals surface area contributed by atoms with Gasteiger partial charge in [0.25, 0.3) is 0 Å². The van der Waals surface area contributed by atoms with Crippen LogP contribution in [0, 0.1) is 5.92 Å². The summed E-state index contributed by atoms with van der Waals surface area (Å²) in [5.74, 6) is 0.0623. The molecule has 2 aliphatic heterocycles. The molecular weight excluding hydrogens is 208 g/mol. The first-order valence-corrected chi connectivity index (χ1v) is 5.78. The van der Waals surface area contributed by atoms with Gasteiger partial charge < -0.3 is 5.11 Å². The van der Waals surface area contributed by atoms with Crippen LogP contribution in [-0.2, 0) is 9.59 Å². The molecule has 0 aromatic heterocycles. The highest BCUT2D eigenvalue weighted by molar-refractivity contribution is 6.05. The second-order valence-electron chi connectivity index (χ2n) is 4.70. The number of nitrogens with zero attached hydrogens (tertiary/aromatic N) is 2. The lowest BCUT2D eigenvalue weighted by atomic mass is 9.97. The van der Waals surface area contributed by atoms with E-state index < -0.39 is 0 Å². The zero-order valence-corrected chi connectivity index (χ0v) is 9.56. The standard InChI is InChI=1S/C11H18N2O3/c1-12-10(15)5-9(11(12)16)13-4-2-3-8(6-13)7-14/h8-9,14H,2-7H2,1H3. The minimum absolute atomic E-state index is 0.0939. The van der Waals surface area contributed by atoms with Crippen molar-refractivity contribution in [3.63, 3.8) is 0 Å². The van der Waals surface area contributed by atoms with Crippen LogP contribution >= 0.6 is 0 Å². The lowest BCUT2D eigenvalue weighted by Crippen LogP contribution is -2.46. The van der Waals surface area contributed by atoms with E-state index in [1.807, 2.05) is 4.90 Å². The quantitative estimate of drug-likeness (QED) is 0.642. The van der Waals surface area contributed by atoms with Crippen molar-refractivity contribution in [1.29, 1.82) is 0 Å². The van der Waals surface area contributed by atoms with Gasteiger partial charge in [-0.25, -0.2) is 0 Å². The molecule has 90 valence electrons. The Hall–Kier alpha value is -0.940. The van der Waals surface area contributed by atoms with Gasteiger partial charge in [0.1, 0.15) is 0 Å². The van der Waals surface area contributed by atoms with E-state index in [0.29, 0.717) is 6.42 Å². The van der Waals surface area contributed by atoms with Gasteiger partial charge in [-0.05, 0) is 25.3 Å². The number of amides is 2. The summed E-state index contributed by atoms with van der Waals surface area (Å²) in [6.07, 6.45) is 2.30. The first-order valence-electron chi connectivity index (χ1n) is 5.78. The molecule has 5 heteroatoms. The summed E-state index contributed by atoms with van der Waals surface area (Å²) in [6, 6.07) is -0.285. The third-order valence-electron chi connectivity index (χ3n) is 3.61. The fraction of sp³-hybridized carbons (Fsp3) is 0.818. The number of carbonyl (C=O) groups excluding carboxylic acids is 2. The van der Waals surface area contributed by atoms with Crippen LogP contribution in [-0.4, -0.2) is 59.5 Å². The van der Waals surface area contributed by atoms with E-state index in [-0.39, 0.29) is 30.4 Å². The van der Waals surface area contributed by atoms with Crippen LogP contribution in [0.1, 0.15) is 19.3 Å². The number of carbonyl (C=O) groups is 2. The Morgan fingerprint density at radius 2 is 2.19 bits per heavy atom. The molecule has 1 N–H and O–H groups in total. The van der Waals surface area contributed by atoms with Gasteiger partial charge in [-0.3, -0.25) is 19.4 Å². The normalized spacial score (nSPS) is 32.5. The van der Waals surface area contributed by atoms with Crippen molar-refractivity contribution >= 4 is 11.8 Å². The summed E-state index contributed by atoms with van der Waals surface area (Å²) < 4.78 is 0. The molecule has 2 unspecified atom stereocenters. The molecule has 0 saturated carbocycles. The van der Waals surface area contributed by atoms with E-state index in [2.05, 4.69) is 0 Å². The van der Waals surface area contributed by atoms with Gasteiger partial charge in [0.15, 0.2) is 0 Å². The summed E-state index contributed by atoms with van der Waals surface area (Å²) in [4.78, 5) is 26.5. The molecule has 0 aromatic rings. The second-order valence-corrected chi connectivity index (χ2v) is 4.70. The number of hydrogen-bond acceptors (Lipinski definition) is 4. The van der Waals surface area contributed by atoms with Crippen molar-refractivity contribution in [1.82, 2.24) is 9.80 Å². The Kier molecular flexibility index (Phi) is 3.25. The molecule has 0 aromatic carbocycles. The third kappa shape index (κ3) is 1.97. The fourth-order valence-corrected chi connectivity index (χ4v) is 2.55. The lowest BCUT2D eigenvalue weighted by Gasteiger charge is -2.34. The lowest BCUT2D eigenvalue weighted by molar-refractivity contribution is -0.138. The van der Waals surface area contributed by atoms with Crippen LogP contribution in [0.15, 0.2) is 0 Å². The predicted molar refractivity (Wildman–Crippen MR) is 57.6 cm³/mol. The molecule has 0 aliphatic carbocycles. The van der Waals surface area contributed by atoms with Crippen molar-refractivity contribution in [2.24, 2.45) is 5.92 Å². The van der Waals surface area contributed by atoms with E-state index in [1.54, 1.807) is 0 Å². The summed E-state index contributed by atoms with van der Waals surface area (Å²) in [6.45, 7) is 1.75. The SMILES string of the molecule is CN1C(=O)CC(N2CCCC(CO)C2)C1=O. The monoisotopic (exact) mass is 226 g/mol. The molecule has 0 bridgehead atoms. The van der Waals surface area contributed by atoms with Gasteiger partial charge in [-0.2, -0.15) is 0 Å². The van der Waals surface area contributed by atoms with Crippen LogP contribution in [0.25, 0.3) is 0 Å². The Labute approximate surface area is 95.0 Å². The van der Waals surface area contributed by atoms with Gasteiger partial charge in [-0.1, -0.05) is 0 Å². The summed E-state index contributed by atoms with van der Waals surface area (Å²) >= 11 is 0. The molecule has 0 radical (unpaired) electrons. The number of rotatable bonds is 2. The maximum atomic E-state index is 11.8. The van der Waals surface area contributed by atoms with Gasteiger partial charge in [0.05, 0.1) is 12.5 Å². The van der Waals surface area contributed by atoms with E-state index in [9.17, 15) is 9.59 Å². The fourth-order valence-electron chi connectivity index (χ4n) is 2.55. The van der Waals surface area contributed by atoms with Crippen LogP contribution in [0.5, 0.6) is 0 Å². The zero-order chi connectivity index (χ0) is 11.7. The number of aliphatic hydroxyl groups is 1. The molecular formula is C11H18N2O3. The topological polar surface area (TPSA) is 60.9 Å². The first kappa shape index (κ1) is 11.5. The van der Waals surface area contributed by atoms with Crippen LogP contribution < -0.4 is 0 Å². The van der Waals surface area contributed by atoms with Gasteiger partial charge in [0.2, 0.25) is 11.8 Å². The number of likely N-dealkylation sites (tertiary alicyclic amines) is 2. The Balaban J connectivity index is 2.02. The Morgan fingerprint density at radius 1 is 1.44 bits per heavy atom. The van der Waals surface area contributed by atoms with Crippen LogP contribution in [0.3, 0.4) is 0 Å². The highest BCUT2D eigenvalue weighted by Gasteiger charge is 2.40. The van der Waals surface area contributed by atoms with Crippen molar-refractivity contribution in [2.75, 3.05) is 26.7 Å². The van der Waals surface area contributed by atoms with E-state index >= 15 is 0 Å². The van der Waals surface area contributed by atoms with E-state index in [4.69, 9.17) is 5.11 Å². The van der Waals surface area contributed by atoms with Crippen molar-refractivity contribution in [3.8, 4) is 0 Å². The summed E-state index contributed by atoms with van der Waals surface area (Å²) in [5, 5.41) is 9.13. The Morgan fingerprint density at radius 3 is 2.75 bits per heavy atom. The number of piperidine rings is 1. The molecule has 2 fully saturated rings. The second kappa shape index (κ2) is 4.51. The highest BCUT2D eigenvalue weighted by atomic mass is 16.3. The molecule has 2 heterocycles. The number of imide groups is 1. The molecule has 2 aliphatic rings. The molecule has 5 nitrogen and oxygen atoms in total. The number of aliphatic hydroxyl groups excluding tert-OH is 1. The smallest absolute Gasteiger partial charge is 0.246 e. The molecule has 2 atom stereocenters. The van der Waals surface area contributed by atoms with Gasteiger partial charge in [0, 0.05) is 20.2 Å². The van der Waals surface area contributed by atoms with E-state index in [1.165, 1.54) is 11.9 Å². The molecule has 2 rings (SSSR count). The van der Waals surface area contributed by atoms with Crippen LogP contribution in [0.2, 0.25) is 0 Å². The van der Waals surface area contributed by atoms with Crippen molar-refractivity contribution in [3.05, 3.63) is 0 Å². The first-order chi connectivity index (χ1) is 7.63. The zero-order valence-electron chi connectivity index (χ0n) is 9.56. The molecule has 0 spiro atoms. The molecule has 2 saturated heterocycles. The summed E-state index contributed by atoms with van der Waals surface area (Å²) in [7, 11) is 1.54. The largest absolute Gasteiger partial charge is 0.396 e. The van der Waals surface area contributed by atoms with Crippen molar-refractivity contribution < 1.29 is 14.7 Å².